The van der Waals surface area contributed by atoms with Gasteiger partial charge in [-0.05, 0) is 43.7 Å². The van der Waals surface area contributed by atoms with Crippen molar-refractivity contribution in [1.82, 2.24) is 4.98 Å². The third kappa shape index (κ3) is 3.51. The number of anilines is 1. The van der Waals surface area contributed by atoms with Crippen molar-refractivity contribution >= 4 is 11.6 Å². The van der Waals surface area contributed by atoms with E-state index in [0.717, 1.165) is 11.1 Å². The zero-order valence-corrected chi connectivity index (χ0v) is 13.5. The molecule has 0 radical (unpaired) electrons. The molecule has 122 valence electrons. The van der Waals surface area contributed by atoms with E-state index >= 15 is 0 Å². The molecular weight excluding hydrogens is 307 g/mol. The lowest BCUT2D eigenvalue weighted by atomic mass is 10.2. The van der Waals surface area contributed by atoms with E-state index < -0.39 is 0 Å². The predicted molar refractivity (Wildman–Crippen MR) is 90.1 cm³/mol. The summed E-state index contributed by atoms with van der Waals surface area (Å²) in [5.74, 6) is 0.428. The van der Waals surface area contributed by atoms with Crippen LogP contribution in [0.4, 0.5) is 10.1 Å². The van der Waals surface area contributed by atoms with Crippen LogP contribution in [0.25, 0.3) is 11.5 Å². The van der Waals surface area contributed by atoms with Gasteiger partial charge in [0, 0.05) is 11.3 Å². The Kier molecular flexibility index (Phi) is 4.42. The number of carbonyl (C=O) groups excluding carboxylic acids is 1. The van der Waals surface area contributed by atoms with Crippen LogP contribution in [0.2, 0.25) is 0 Å². The summed E-state index contributed by atoms with van der Waals surface area (Å²) in [5, 5.41) is 2.72. The first kappa shape index (κ1) is 15.9. The van der Waals surface area contributed by atoms with Crippen molar-refractivity contribution in [3.8, 4) is 11.5 Å². The summed E-state index contributed by atoms with van der Waals surface area (Å²) in [6.07, 6.45) is 0.0676. The number of rotatable bonds is 4. The maximum absolute atomic E-state index is 13.3. The van der Waals surface area contributed by atoms with Crippen LogP contribution in [0.1, 0.15) is 17.0 Å². The zero-order valence-electron chi connectivity index (χ0n) is 13.5. The minimum absolute atomic E-state index is 0.0676. The number of benzene rings is 2. The standard InChI is InChI=1S/C19H17FN2O2/c1-12-8-9-15(20)10-16(12)21-18(23)11-17-13(2)24-19(22-17)14-6-4-3-5-7-14/h3-10H,11H2,1-2H3,(H,21,23). The minimum atomic E-state index is -0.389. The van der Waals surface area contributed by atoms with Crippen LogP contribution in [0.15, 0.2) is 52.9 Å². The summed E-state index contributed by atoms with van der Waals surface area (Å²) in [7, 11) is 0. The molecule has 0 fully saturated rings. The highest BCUT2D eigenvalue weighted by molar-refractivity contribution is 5.92. The highest BCUT2D eigenvalue weighted by Gasteiger charge is 2.15. The first-order chi connectivity index (χ1) is 11.5. The molecule has 1 amide bonds. The van der Waals surface area contributed by atoms with Crippen molar-refractivity contribution in [2.75, 3.05) is 5.32 Å². The van der Waals surface area contributed by atoms with Gasteiger partial charge in [0.15, 0.2) is 0 Å². The van der Waals surface area contributed by atoms with E-state index in [1.165, 1.54) is 12.1 Å². The Labute approximate surface area is 139 Å². The molecule has 0 aliphatic heterocycles. The maximum atomic E-state index is 13.3. The summed E-state index contributed by atoms with van der Waals surface area (Å²) in [6.45, 7) is 3.58. The fourth-order valence-electron chi connectivity index (χ4n) is 2.37. The van der Waals surface area contributed by atoms with Gasteiger partial charge in [-0.3, -0.25) is 4.79 Å². The van der Waals surface area contributed by atoms with Gasteiger partial charge in [-0.25, -0.2) is 9.37 Å². The monoisotopic (exact) mass is 324 g/mol. The molecule has 0 atom stereocenters. The van der Waals surface area contributed by atoms with E-state index in [-0.39, 0.29) is 18.1 Å². The van der Waals surface area contributed by atoms with E-state index in [9.17, 15) is 9.18 Å². The molecule has 0 aliphatic carbocycles. The normalized spacial score (nSPS) is 10.6. The molecule has 1 aromatic heterocycles. The van der Waals surface area contributed by atoms with Crippen molar-refractivity contribution in [3.05, 3.63) is 71.4 Å². The first-order valence-electron chi connectivity index (χ1n) is 7.60. The molecular formula is C19H17FN2O2. The molecule has 1 heterocycles. The second kappa shape index (κ2) is 6.66. The Hall–Kier alpha value is -2.95. The van der Waals surface area contributed by atoms with Gasteiger partial charge in [0.1, 0.15) is 11.6 Å². The number of nitrogens with zero attached hydrogens (tertiary/aromatic N) is 1. The molecule has 1 N–H and O–H groups in total. The molecule has 0 bridgehead atoms. The number of nitrogens with one attached hydrogen (secondary N) is 1. The number of aryl methyl sites for hydroxylation is 2. The summed E-state index contributed by atoms with van der Waals surface area (Å²) in [6, 6.07) is 13.8. The fourth-order valence-corrected chi connectivity index (χ4v) is 2.37. The van der Waals surface area contributed by atoms with Gasteiger partial charge in [0.25, 0.3) is 0 Å². The smallest absolute Gasteiger partial charge is 0.230 e. The van der Waals surface area contributed by atoms with Gasteiger partial charge in [0.05, 0.1) is 12.1 Å². The Morgan fingerprint density at radius 2 is 1.92 bits per heavy atom. The number of aromatic nitrogens is 1. The number of hydrogen-bond donors (Lipinski definition) is 1. The van der Waals surface area contributed by atoms with Crippen LogP contribution in [0.5, 0.6) is 0 Å². The second-order valence-corrected chi connectivity index (χ2v) is 5.57. The average molecular weight is 324 g/mol. The van der Waals surface area contributed by atoms with E-state index in [2.05, 4.69) is 10.3 Å². The van der Waals surface area contributed by atoms with E-state index in [1.807, 2.05) is 37.3 Å². The first-order valence-corrected chi connectivity index (χ1v) is 7.60. The highest BCUT2D eigenvalue weighted by Crippen LogP contribution is 2.22. The Balaban J connectivity index is 1.75. The minimum Gasteiger partial charge on any atom is -0.441 e. The zero-order chi connectivity index (χ0) is 17.1. The molecule has 3 aromatic rings. The number of amides is 1. The predicted octanol–water partition coefficient (Wildman–Crippen LogP) is 4.28. The summed E-state index contributed by atoms with van der Waals surface area (Å²) in [4.78, 5) is 16.6. The van der Waals surface area contributed by atoms with Gasteiger partial charge in [0.2, 0.25) is 11.8 Å². The van der Waals surface area contributed by atoms with E-state index in [1.54, 1.807) is 13.0 Å². The molecule has 0 saturated carbocycles. The lowest BCUT2D eigenvalue weighted by molar-refractivity contribution is -0.115. The number of carbonyl (C=O) groups is 1. The topological polar surface area (TPSA) is 55.1 Å². The maximum Gasteiger partial charge on any atom is 0.230 e. The van der Waals surface area contributed by atoms with Crippen LogP contribution in [-0.4, -0.2) is 10.9 Å². The number of halogens is 1. The Bertz CT molecular complexity index is 872. The van der Waals surface area contributed by atoms with Gasteiger partial charge in [-0.15, -0.1) is 0 Å². The Morgan fingerprint density at radius 3 is 2.67 bits per heavy atom. The van der Waals surface area contributed by atoms with Crippen LogP contribution in [0.3, 0.4) is 0 Å². The fraction of sp³-hybridized carbons (Fsp3) is 0.158. The largest absolute Gasteiger partial charge is 0.441 e. The van der Waals surface area contributed by atoms with Crippen molar-refractivity contribution < 1.29 is 13.6 Å². The van der Waals surface area contributed by atoms with Crippen molar-refractivity contribution in [3.63, 3.8) is 0 Å². The molecule has 0 unspecified atom stereocenters. The molecule has 0 saturated heterocycles. The number of hydrogen-bond acceptors (Lipinski definition) is 3. The van der Waals surface area contributed by atoms with Gasteiger partial charge in [-0.1, -0.05) is 24.3 Å². The molecule has 2 aromatic carbocycles. The van der Waals surface area contributed by atoms with Crippen LogP contribution >= 0.6 is 0 Å². The van der Waals surface area contributed by atoms with Gasteiger partial charge < -0.3 is 9.73 Å². The lowest BCUT2D eigenvalue weighted by Gasteiger charge is -2.07. The summed E-state index contributed by atoms with van der Waals surface area (Å²) >= 11 is 0. The molecule has 4 nitrogen and oxygen atoms in total. The lowest BCUT2D eigenvalue weighted by Crippen LogP contribution is -2.16. The van der Waals surface area contributed by atoms with Crippen molar-refractivity contribution in [1.29, 1.82) is 0 Å². The SMILES string of the molecule is Cc1ccc(F)cc1NC(=O)Cc1nc(-c2ccccc2)oc1C. The quantitative estimate of drug-likeness (QED) is 0.779. The molecule has 5 heteroatoms. The average Bonchev–Trinajstić information content (AvgIpc) is 2.92. The van der Waals surface area contributed by atoms with Crippen molar-refractivity contribution in [2.24, 2.45) is 0 Å². The van der Waals surface area contributed by atoms with Gasteiger partial charge in [-0.2, -0.15) is 0 Å². The summed E-state index contributed by atoms with van der Waals surface area (Å²) in [5.41, 5.74) is 2.68. The molecule has 0 aliphatic rings. The van der Waals surface area contributed by atoms with E-state index in [0.29, 0.717) is 23.0 Å². The summed E-state index contributed by atoms with van der Waals surface area (Å²) < 4.78 is 18.9. The molecule has 24 heavy (non-hydrogen) atoms. The van der Waals surface area contributed by atoms with Crippen molar-refractivity contribution in [2.45, 2.75) is 20.3 Å². The third-order valence-electron chi connectivity index (χ3n) is 3.72. The van der Waals surface area contributed by atoms with Gasteiger partial charge >= 0.3 is 0 Å². The van der Waals surface area contributed by atoms with Crippen LogP contribution in [0, 0.1) is 19.7 Å². The third-order valence-corrected chi connectivity index (χ3v) is 3.72. The van der Waals surface area contributed by atoms with E-state index in [4.69, 9.17) is 4.42 Å². The second-order valence-electron chi connectivity index (χ2n) is 5.57. The molecule has 3 rings (SSSR count). The van der Waals surface area contributed by atoms with Crippen LogP contribution < -0.4 is 5.32 Å². The molecule has 0 spiro atoms. The van der Waals surface area contributed by atoms with Crippen LogP contribution in [-0.2, 0) is 11.2 Å². The number of oxazole rings is 1. The Morgan fingerprint density at radius 1 is 1.17 bits per heavy atom. The highest BCUT2D eigenvalue weighted by atomic mass is 19.1.